The third kappa shape index (κ3) is 4.28. The highest BCUT2D eigenvalue weighted by Gasteiger charge is 2.22. The molecule has 5 nitrogen and oxygen atoms in total. The smallest absolute Gasteiger partial charge is 0.421 e. The normalized spacial score (nSPS) is 11.3. The molecule has 0 fully saturated rings. The number of carbonyl (C=O) groups excluding carboxylic acids is 1. The van der Waals surface area contributed by atoms with E-state index in [1.807, 2.05) is 0 Å². The first-order chi connectivity index (χ1) is 11.7. The van der Waals surface area contributed by atoms with Gasteiger partial charge in [0, 0.05) is 16.6 Å². The fraction of sp³-hybridized carbons (Fsp3) is 0.333. The Kier molecular flexibility index (Phi) is 5.67. The van der Waals surface area contributed by atoms with Gasteiger partial charge in [0.15, 0.2) is 11.6 Å². The molecule has 1 aromatic carbocycles. The van der Waals surface area contributed by atoms with Crippen molar-refractivity contribution in [2.45, 2.75) is 31.7 Å². The zero-order chi connectivity index (χ0) is 18.8. The van der Waals surface area contributed by atoms with Gasteiger partial charge in [0.2, 0.25) is 0 Å². The Labute approximate surface area is 153 Å². The molecule has 0 radical (unpaired) electrons. The first kappa shape index (κ1) is 19.2. The van der Waals surface area contributed by atoms with Crippen LogP contribution in [0.15, 0.2) is 35.1 Å². The van der Waals surface area contributed by atoms with Crippen LogP contribution in [0, 0.1) is 5.82 Å². The molecular weight excluding hydrogens is 393 g/mol. The first-order valence-electron chi connectivity index (χ1n) is 7.56. The van der Waals surface area contributed by atoms with Crippen molar-refractivity contribution in [2.24, 2.45) is 0 Å². The van der Waals surface area contributed by atoms with Gasteiger partial charge in [-0.05, 0) is 50.6 Å². The Morgan fingerprint density at radius 1 is 1.24 bits per heavy atom. The van der Waals surface area contributed by atoms with Crippen molar-refractivity contribution in [1.82, 2.24) is 4.57 Å². The molecule has 2 aromatic rings. The zero-order valence-electron chi connectivity index (χ0n) is 14.4. The fourth-order valence-electron chi connectivity index (χ4n) is 2.24. The van der Waals surface area contributed by atoms with Crippen LogP contribution >= 0.6 is 15.9 Å². The van der Waals surface area contributed by atoms with Gasteiger partial charge >= 0.3 is 6.09 Å². The molecule has 2 rings (SSSR count). The highest BCUT2D eigenvalue weighted by atomic mass is 79.9. The summed E-state index contributed by atoms with van der Waals surface area (Å²) in [4.78, 5) is 25.3. The molecule has 0 amide bonds. The Balaban J connectivity index is 2.61. The second-order valence-electron chi connectivity index (χ2n) is 6.34. The van der Waals surface area contributed by atoms with Crippen molar-refractivity contribution >= 4 is 22.0 Å². The average Bonchev–Trinajstić information content (AvgIpc) is 2.53. The molecule has 7 heteroatoms. The van der Waals surface area contributed by atoms with Gasteiger partial charge in [0.25, 0.3) is 5.56 Å². The maximum absolute atomic E-state index is 13.6. The van der Waals surface area contributed by atoms with Crippen molar-refractivity contribution in [3.8, 4) is 16.9 Å². The van der Waals surface area contributed by atoms with Gasteiger partial charge in [0.05, 0.1) is 7.11 Å². The van der Waals surface area contributed by atoms with Crippen LogP contribution in [0.4, 0.5) is 9.18 Å². The molecule has 0 saturated carbocycles. The van der Waals surface area contributed by atoms with Crippen LogP contribution in [-0.4, -0.2) is 23.4 Å². The molecule has 0 spiro atoms. The summed E-state index contributed by atoms with van der Waals surface area (Å²) in [6.45, 7) is 5.16. The number of pyridine rings is 1. The lowest BCUT2D eigenvalue weighted by Gasteiger charge is -2.21. The maximum Gasteiger partial charge on any atom is 0.421 e. The van der Waals surface area contributed by atoms with Crippen molar-refractivity contribution in [2.75, 3.05) is 7.11 Å². The summed E-state index contributed by atoms with van der Waals surface area (Å²) in [5.74, 6) is -0.513. The van der Waals surface area contributed by atoms with Crippen LogP contribution in [0.1, 0.15) is 26.5 Å². The van der Waals surface area contributed by atoms with E-state index in [1.165, 1.54) is 25.3 Å². The van der Waals surface area contributed by atoms with E-state index in [1.54, 1.807) is 32.9 Å². The second-order valence-corrected chi connectivity index (χ2v) is 6.90. The minimum Gasteiger partial charge on any atom is -0.494 e. The summed E-state index contributed by atoms with van der Waals surface area (Å²) < 4.78 is 24.9. The van der Waals surface area contributed by atoms with Gasteiger partial charge in [-0.15, -0.1) is 0 Å². The van der Waals surface area contributed by atoms with E-state index < -0.39 is 23.1 Å². The number of ether oxygens (including phenoxy) is 2. The summed E-state index contributed by atoms with van der Waals surface area (Å²) in [6.07, 6.45) is -0.761. The predicted octanol–water partition coefficient (Wildman–Crippen LogP) is 4.34. The lowest BCUT2D eigenvalue weighted by molar-refractivity contribution is 0.0527. The summed E-state index contributed by atoms with van der Waals surface area (Å²) >= 11 is 3.27. The van der Waals surface area contributed by atoms with Crippen LogP contribution < -0.4 is 10.3 Å². The molecule has 0 saturated heterocycles. The maximum atomic E-state index is 13.6. The number of carbonyl (C=O) groups is 1. The Morgan fingerprint density at radius 3 is 2.48 bits per heavy atom. The number of rotatable bonds is 3. The molecule has 25 heavy (non-hydrogen) atoms. The quantitative estimate of drug-likeness (QED) is 0.704. The Hall–Kier alpha value is -2.15. The SMILES string of the molecule is COc1cc(-c2ccc(CBr)n(C(=O)OC(C)(C)C)c2=O)ccc1F. The minimum atomic E-state index is -0.761. The number of nitrogens with zero attached hydrogens (tertiary/aromatic N) is 1. The summed E-state index contributed by atoms with van der Waals surface area (Å²) in [6, 6.07) is 7.32. The van der Waals surface area contributed by atoms with Gasteiger partial charge in [-0.25, -0.2) is 13.8 Å². The molecular formula is C18H19BrFNO4. The largest absolute Gasteiger partial charge is 0.494 e. The second kappa shape index (κ2) is 7.39. The number of alkyl halides is 1. The summed E-state index contributed by atoms with van der Waals surface area (Å²) in [5.41, 5.74) is -0.137. The average molecular weight is 412 g/mol. The molecule has 1 aromatic heterocycles. The van der Waals surface area contributed by atoms with E-state index in [4.69, 9.17) is 9.47 Å². The van der Waals surface area contributed by atoms with Crippen LogP contribution in [0.3, 0.4) is 0 Å². The molecule has 0 aliphatic heterocycles. The topological polar surface area (TPSA) is 57.5 Å². The van der Waals surface area contributed by atoms with E-state index in [-0.39, 0.29) is 11.3 Å². The monoisotopic (exact) mass is 411 g/mol. The van der Waals surface area contributed by atoms with Crippen LogP contribution in [-0.2, 0) is 10.1 Å². The number of hydrogen-bond acceptors (Lipinski definition) is 4. The molecule has 1 heterocycles. The van der Waals surface area contributed by atoms with Crippen molar-refractivity contribution in [3.63, 3.8) is 0 Å². The number of hydrogen-bond donors (Lipinski definition) is 0. The Bertz CT molecular complexity index is 855. The number of aromatic nitrogens is 1. The molecule has 0 atom stereocenters. The highest BCUT2D eigenvalue weighted by Crippen LogP contribution is 2.25. The van der Waals surface area contributed by atoms with Crippen LogP contribution in [0.2, 0.25) is 0 Å². The molecule has 0 N–H and O–H groups in total. The third-order valence-electron chi connectivity index (χ3n) is 3.34. The van der Waals surface area contributed by atoms with Gasteiger partial charge in [0.1, 0.15) is 5.60 Å². The molecule has 0 unspecified atom stereocenters. The van der Waals surface area contributed by atoms with Crippen molar-refractivity contribution < 1.29 is 18.7 Å². The lowest BCUT2D eigenvalue weighted by atomic mass is 10.1. The standard InChI is InChI=1S/C18H19BrFNO4/c1-18(2,3)25-17(23)21-12(10-19)6-7-13(16(21)22)11-5-8-14(20)15(9-11)24-4/h5-9H,10H2,1-4H3. The zero-order valence-corrected chi connectivity index (χ0v) is 16.0. The van der Waals surface area contributed by atoms with Gasteiger partial charge in [-0.3, -0.25) is 4.79 Å². The number of halogens is 2. The molecule has 0 aliphatic rings. The highest BCUT2D eigenvalue weighted by molar-refractivity contribution is 9.08. The van der Waals surface area contributed by atoms with Crippen molar-refractivity contribution in [1.29, 1.82) is 0 Å². The first-order valence-corrected chi connectivity index (χ1v) is 8.68. The van der Waals surface area contributed by atoms with Crippen LogP contribution in [0.5, 0.6) is 5.75 Å². The van der Waals surface area contributed by atoms with E-state index >= 15 is 0 Å². The predicted molar refractivity (Wildman–Crippen MR) is 96.9 cm³/mol. The van der Waals surface area contributed by atoms with Crippen molar-refractivity contribution in [3.05, 3.63) is 52.2 Å². The Morgan fingerprint density at radius 2 is 1.92 bits per heavy atom. The van der Waals surface area contributed by atoms with E-state index in [2.05, 4.69) is 15.9 Å². The van der Waals surface area contributed by atoms with E-state index in [9.17, 15) is 14.0 Å². The van der Waals surface area contributed by atoms with Gasteiger partial charge < -0.3 is 9.47 Å². The lowest BCUT2D eigenvalue weighted by Crippen LogP contribution is -2.35. The fourth-order valence-corrected chi connectivity index (χ4v) is 2.67. The van der Waals surface area contributed by atoms with Gasteiger partial charge in [-0.2, -0.15) is 0 Å². The number of methoxy groups -OCH3 is 1. The third-order valence-corrected chi connectivity index (χ3v) is 3.91. The summed E-state index contributed by atoms with van der Waals surface area (Å²) in [7, 11) is 1.34. The minimum absolute atomic E-state index is 0.0188. The van der Waals surface area contributed by atoms with Crippen LogP contribution in [0.25, 0.3) is 11.1 Å². The number of benzene rings is 1. The van der Waals surface area contributed by atoms with E-state index in [0.29, 0.717) is 16.6 Å². The molecule has 134 valence electrons. The van der Waals surface area contributed by atoms with E-state index in [0.717, 1.165) is 4.57 Å². The summed E-state index contributed by atoms with van der Waals surface area (Å²) in [5, 5.41) is 0.300. The molecule has 0 bridgehead atoms. The molecule has 0 aliphatic carbocycles. The van der Waals surface area contributed by atoms with Gasteiger partial charge in [-0.1, -0.05) is 22.0 Å².